The first kappa shape index (κ1) is 15.0. The highest BCUT2D eigenvalue weighted by Gasteiger charge is 2.30. The highest BCUT2D eigenvalue weighted by Crippen LogP contribution is 2.33. The molecule has 3 heteroatoms. The summed E-state index contributed by atoms with van der Waals surface area (Å²) in [6.07, 6.45) is 2.11. The maximum atomic E-state index is 13.1. The van der Waals surface area contributed by atoms with E-state index < -0.39 is 0 Å². The summed E-state index contributed by atoms with van der Waals surface area (Å²) in [7, 11) is 0. The van der Waals surface area contributed by atoms with Gasteiger partial charge < -0.3 is 9.88 Å². The number of aromatic nitrogens is 1. The smallest absolute Gasteiger partial charge is 0.254 e. The first-order valence-electron chi connectivity index (χ1n) is 8.60. The van der Waals surface area contributed by atoms with Gasteiger partial charge in [0.15, 0.2) is 0 Å². The van der Waals surface area contributed by atoms with Crippen molar-refractivity contribution < 1.29 is 4.79 Å². The van der Waals surface area contributed by atoms with Crippen LogP contribution >= 0.6 is 0 Å². The van der Waals surface area contributed by atoms with Crippen LogP contribution in [0, 0.1) is 13.8 Å². The Morgan fingerprint density at radius 3 is 2.71 bits per heavy atom. The maximum Gasteiger partial charge on any atom is 0.254 e. The summed E-state index contributed by atoms with van der Waals surface area (Å²) in [5.74, 6) is 0.140. The van der Waals surface area contributed by atoms with Crippen molar-refractivity contribution in [1.29, 1.82) is 0 Å². The Kier molecular flexibility index (Phi) is 3.64. The van der Waals surface area contributed by atoms with E-state index in [1.54, 1.807) is 0 Å². The van der Waals surface area contributed by atoms with Crippen molar-refractivity contribution >= 4 is 16.8 Å². The second kappa shape index (κ2) is 5.82. The highest BCUT2D eigenvalue weighted by atomic mass is 16.2. The van der Waals surface area contributed by atoms with Crippen LogP contribution in [-0.4, -0.2) is 22.3 Å². The van der Waals surface area contributed by atoms with Gasteiger partial charge >= 0.3 is 0 Å². The van der Waals surface area contributed by atoms with Crippen LogP contribution in [-0.2, 0) is 0 Å². The number of fused-ring (bicyclic) bond motifs is 1. The van der Waals surface area contributed by atoms with Crippen LogP contribution in [0.25, 0.3) is 10.9 Å². The first-order chi connectivity index (χ1) is 11.6. The molecule has 0 saturated carbocycles. The van der Waals surface area contributed by atoms with Crippen LogP contribution in [0.4, 0.5) is 0 Å². The Labute approximate surface area is 142 Å². The molecule has 0 spiro atoms. The molecule has 0 aliphatic carbocycles. The van der Waals surface area contributed by atoms with E-state index in [-0.39, 0.29) is 11.9 Å². The van der Waals surface area contributed by atoms with Crippen molar-refractivity contribution in [1.82, 2.24) is 9.88 Å². The van der Waals surface area contributed by atoms with Gasteiger partial charge in [0.05, 0.1) is 6.04 Å². The third kappa shape index (κ3) is 2.41. The van der Waals surface area contributed by atoms with Gasteiger partial charge in [-0.15, -0.1) is 0 Å². The SMILES string of the molecule is Cc1[nH]c2ccc(C(=O)N3CCC[C@@H]3c3ccccc3)cc2c1C. The van der Waals surface area contributed by atoms with E-state index in [9.17, 15) is 4.79 Å². The monoisotopic (exact) mass is 318 g/mol. The van der Waals surface area contributed by atoms with Gasteiger partial charge in [-0.2, -0.15) is 0 Å². The van der Waals surface area contributed by atoms with Gasteiger partial charge in [0.25, 0.3) is 5.91 Å². The van der Waals surface area contributed by atoms with E-state index in [0.717, 1.165) is 41.5 Å². The zero-order chi connectivity index (χ0) is 16.7. The maximum absolute atomic E-state index is 13.1. The minimum Gasteiger partial charge on any atom is -0.358 e. The lowest BCUT2D eigenvalue weighted by Crippen LogP contribution is -2.30. The van der Waals surface area contributed by atoms with Crippen molar-refractivity contribution in [2.75, 3.05) is 6.54 Å². The predicted octanol–water partition coefficient (Wildman–Crippen LogP) is 4.76. The van der Waals surface area contributed by atoms with E-state index in [1.807, 2.05) is 41.3 Å². The predicted molar refractivity (Wildman–Crippen MR) is 97.2 cm³/mol. The van der Waals surface area contributed by atoms with Crippen molar-refractivity contribution in [2.45, 2.75) is 32.7 Å². The molecular formula is C21H22N2O. The number of rotatable bonds is 2. The molecule has 1 saturated heterocycles. The molecular weight excluding hydrogens is 296 g/mol. The molecule has 3 nitrogen and oxygen atoms in total. The number of carbonyl (C=O) groups is 1. The summed E-state index contributed by atoms with van der Waals surface area (Å²) in [6.45, 7) is 5.01. The number of carbonyl (C=O) groups excluding carboxylic acids is 1. The number of hydrogen-bond acceptors (Lipinski definition) is 1. The van der Waals surface area contributed by atoms with E-state index in [1.165, 1.54) is 11.1 Å². The molecule has 1 atom stereocenters. The Hall–Kier alpha value is -2.55. The largest absolute Gasteiger partial charge is 0.358 e. The second-order valence-electron chi connectivity index (χ2n) is 6.70. The molecule has 1 aliphatic heterocycles. The fourth-order valence-corrected chi connectivity index (χ4v) is 3.79. The van der Waals surface area contributed by atoms with E-state index in [2.05, 4.69) is 31.0 Å². The number of hydrogen-bond donors (Lipinski definition) is 1. The molecule has 4 rings (SSSR count). The lowest BCUT2D eigenvalue weighted by atomic mass is 10.0. The van der Waals surface area contributed by atoms with Gasteiger partial charge in [-0.05, 0) is 56.0 Å². The number of amides is 1. The molecule has 1 amide bonds. The van der Waals surface area contributed by atoms with Crippen molar-refractivity contribution in [3.63, 3.8) is 0 Å². The number of benzene rings is 2. The third-order valence-corrected chi connectivity index (χ3v) is 5.25. The number of H-pyrrole nitrogens is 1. The van der Waals surface area contributed by atoms with Gasteiger partial charge in [-0.3, -0.25) is 4.79 Å². The zero-order valence-electron chi connectivity index (χ0n) is 14.2. The second-order valence-corrected chi connectivity index (χ2v) is 6.70. The molecule has 1 fully saturated rings. The normalized spacial score (nSPS) is 17.6. The summed E-state index contributed by atoms with van der Waals surface area (Å²) in [5, 5.41) is 1.15. The van der Waals surface area contributed by atoms with E-state index in [0.29, 0.717) is 0 Å². The molecule has 1 aliphatic rings. The molecule has 0 radical (unpaired) electrons. The minimum absolute atomic E-state index is 0.140. The Bertz CT molecular complexity index is 895. The van der Waals surface area contributed by atoms with Gasteiger partial charge in [0.2, 0.25) is 0 Å². The molecule has 122 valence electrons. The van der Waals surface area contributed by atoms with Gasteiger partial charge in [-0.25, -0.2) is 0 Å². The first-order valence-corrected chi connectivity index (χ1v) is 8.60. The van der Waals surface area contributed by atoms with Gasteiger partial charge in [-0.1, -0.05) is 30.3 Å². The van der Waals surface area contributed by atoms with Crippen molar-refractivity contribution in [2.24, 2.45) is 0 Å². The van der Waals surface area contributed by atoms with Crippen LogP contribution in [0.2, 0.25) is 0 Å². The summed E-state index contributed by atoms with van der Waals surface area (Å²) < 4.78 is 0. The topological polar surface area (TPSA) is 36.1 Å². The van der Waals surface area contributed by atoms with Crippen molar-refractivity contribution in [3.8, 4) is 0 Å². The summed E-state index contributed by atoms with van der Waals surface area (Å²) in [6, 6.07) is 16.6. The standard InChI is InChI=1S/C21H22N2O/c1-14-15(2)22-19-11-10-17(13-18(14)19)21(24)23-12-6-9-20(23)16-7-4-3-5-8-16/h3-5,7-8,10-11,13,20,22H,6,9,12H2,1-2H3/t20-/m1/s1. The third-order valence-electron chi connectivity index (χ3n) is 5.25. The fourth-order valence-electron chi connectivity index (χ4n) is 3.79. The fraction of sp³-hybridized carbons (Fsp3) is 0.286. The summed E-state index contributed by atoms with van der Waals surface area (Å²) in [5.41, 5.74) is 5.51. The zero-order valence-corrected chi connectivity index (χ0v) is 14.2. The molecule has 0 unspecified atom stereocenters. The van der Waals surface area contributed by atoms with E-state index in [4.69, 9.17) is 0 Å². The molecule has 1 N–H and O–H groups in total. The number of nitrogens with zero attached hydrogens (tertiary/aromatic N) is 1. The van der Waals surface area contributed by atoms with Crippen LogP contribution in [0.15, 0.2) is 48.5 Å². The van der Waals surface area contributed by atoms with Crippen LogP contribution < -0.4 is 0 Å². The number of likely N-dealkylation sites (tertiary alicyclic amines) is 1. The number of aryl methyl sites for hydroxylation is 2. The number of nitrogens with one attached hydrogen (secondary N) is 1. The van der Waals surface area contributed by atoms with Crippen LogP contribution in [0.1, 0.15) is 46.1 Å². The summed E-state index contributed by atoms with van der Waals surface area (Å²) >= 11 is 0. The lowest BCUT2D eigenvalue weighted by molar-refractivity contribution is 0.0736. The Morgan fingerprint density at radius 2 is 1.92 bits per heavy atom. The van der Waals surface area contributed by atoms with Gasteiger partial charge in [0, 0.05) is 28.7 Å². The summed E-state index contributed by atoms with van der Waals surface area (Å²) in [4.78, 5) is 18.5. The van der Waals surface area contributed by atoms with Crippen LogP contribution in [0.5, 0.6) is 0 Å². The Balaban J connectivity index is 1.69. The highest BCUT2D eigenvalue weighted by molar-refractivity contribution is 5.99. The Morgan fingerprint density at radius 1 is 1.12 bits per heavy atom. The average Bonchev–Trinajstić information content (AvgIpc) is 3.21. The molecule has 0 bridgehead atoms. The number of aromatic amines is 1. The lowest BCUT2D eigenvalue weighted by Gasteiger charge is -2.25. The minimum atomic E-state index is 0.140. The quantitative estimate of drug-likeness (QED) is 0.726. The molecule has 3 aromatic rings. The molecule has 2 aromatic carbocycles. The van der Waals surface area contributed by atoms with Gasteiger partial charge in [0.1, 0.15) is 0 Å². The van der Waals surface area contributed by atoms with Crippen molar-refractivity contribution in [3.05, 3.63) is 70.9 Å². The molecule has 1 aromatic heterocycles. The molecule has 2 heterocycles. The molecule has 24 heavy (non-hydrogen) atoms. The average molecular weight is 318 g/mol. The van der Waals surface area contributed by atoms with Crippen LogP contribution in [0.3, 0.4) is 0 Å². The van der Waals surface area contributed by atoms with E-state index >= 15 is 0 Å².